The van der Waals surface area contributed by atoms with E-state index in [2.05, 4.69) is 65.6 Å². The van der Waals surface area contributed by atoms with Crippen LogP contribution in [0.15, 0.2) is 10.4 Å². The molecule has 138 valence electrons. The molecule has 0 amide bonds. The minimum absolute atomic E-state index is 0.503. The van der Waals surface area contributed by atoms with Gasteiger partial charge in [-0.1, -0.05) is 13.8 Å². The van der Waals surface area contributed by atoms with Crippen molar-refractivity contribution in [1.29, 1.82) is 0 Å². The Hall–Kier alpha value is -1.47. The number of hydrogen-bond donors (Lipinski definition) is 2. The Morgan fingerprint density at radius 2 is 2.00 bits per heavy atom. The van der Waals surface area contributed by atoms with Crippen molar-refractivity contribution in [2.24, 2.45) is 4.99 Å². The Kier molecular flexibility index (Phi) is 7.84. The van der Waals surface area contributed by atoms with Crippen molar-refractivity contribution in [3.8, 4) is 0 Å². The highest BCUT2D eigenvalue weighted by Gasteiger charge is 2.06. The molecular weight excluding hydrogens is 350 g/mol. The van der Waals surface area contributed by atoms with Gasteiger partial charge in [0, 0.05) is 48.7 Å². The average molecular weight is 380 g/mol. The predicted octanol–water partition coefficient (Wildman–Crippen LogP) is 3.68. The smallest absolute Gasteiger partial charge is 0.191 e. The Balaban J connectivity index is 1.80. The van der Waals surface area contributed by atoms with Gasteiger partial charge < -0.3 is 10.6 Å². The molecule has 2 rings (SSSR count). The molecule has 5 nitrogen and oxygen atoms in total. The lowest BCUT2D eigenvalue weighted by Crippen LogP contribution is -2.38. The van der Waals surface area contributed by atoms with Crippen LogP contribution in [0.25, 0.3) is 0 Å². The first-order chi connectivity index (χ1) is 12.0. The van der Waals surface area contributed by atoms with Gasteiger partial charge in [-0.05, 0) is 20.8 Å². The predicted molar refractivity (Wildman–Crippen MR) is 109 cm³/mol. The molecule has 0 aliphatic rings. The van der Waals surface area contributed by atoms with Gasteiger partial charge in [-0.3, -0.25) is 4.99 Å². The molecule has 2 heterocycles. The van der Waals surface area contributed by atoms with Crippen LogP contribution in [0.2, 0.25) is 0 Å². The van der Waals surface area contributed by atoms with Gasteiger partial charge in [0.1, 0.15) is 0 Å². The van der Waals surface area contributed by atoms with E-state index < -0.39 is 0 Å². The molecule has 0 saturated heterocycles. The van der Waals surface area contributed by atoms with Crippen LogP contribution in [-0.4, -0.2) is 35.6 Å². The minimum atomic E-state index is 0.503. The Bertz CT molecular complexity index is 668. The van der Waals surface area contributed by atoms with Crippen molar-refractivity contribution >= 4 is 28.6 Å². The van der Waals surface area contributed by atoms with Gasteiger partial charge in [-0.2, -0.15) is 0 Å². The summed E-state index contributed by atoms with van der Waals surface area (Å²) in [5, 5.41) is 11.2. The molecule has 0 radical (unpaired) electrons. The summed E-state index contributed by atoms with van der Waals surface area (Å²) < 4.78 is 0. The first-order valence-corrected chi connectivity index (χ1v) is 10.6. The van der Waals surface area contributed by atoms with Crippen molar-refractivity contribution in [2.45, 2.75) is 53.4 Å². The maximum Gasteiger partial charge on any atom is 0.191 e. The lowest BCUT2D eigenvalue weighted by atomic mass is 10.2. The van der Waals surface area contributed by atoms with E-state index in [9.17, 15) is 0 Å². The van der Waals surface area contributed by atoms with Crippen molar-refractivity contribution in [3.05, 3.63) is 31.7 Å². The summed E-state index contributed by atoms with van der Waals surface area (Å²) in [6, 6.07) is 0. The molecule has 2 aromatic rings. The van der Waals surface area contributed by atoms with Gasteiger partial charge in [-0.25, -0.2) is 9.97 Å². The topological polar surface area (TPSA) is 62.2 Å². The molecule has 0 aliphatic heterocycles. The molecule has 2 aromatic heterocycles. The number of aliphatic imine (C=N–C) groups is 1. The van der Waals surface area contributed by atoms with Crippen LogP contribution in [-0.2, 0) is 12.8 Å². The fourth-order valence-corrected chi connectivity index (χ4v) is 4.05. The number of hydrogen-bond acceptors (Lipinski definition) is 5. The lowest BCUT2D eigenvalue weighted by Gasteiger charge is -2.10. The molecule has 0 atom stereocenters. The molecule has 7 heteroatoms. The number of aromatic nitrogens is 2. The molecule has 0 fully saturated rings. The fourth-order valence-electron chi connectivity index (χ4n) is 2.26. The maximum atomic E-state index is 4.68. The molecule has 2 N–H and O–H groups in total. The van der Waals surface area contributed by atoms with E-state index in [0.717, 1.165) is 49.8 Å². The minimum Gasteiger partial charge on any atom is -0.357 e. The van der Waals surface area contributed by atoms with Gasteiger partial charge in [0.2, 0.25) is 0 Å². The summed E-state index contributed by atoms with van der Waals surface area (Å²) in [5.74, 6) is 1.37. The average Bonchev–Trinajstić information content (AvgIpc) is 3.15. The van der Waals surface area contributed by atoms with E-state index in [1.165, 1.54) is 14.9 Å². The van der Waals surface area contributed by atoms with Crippen molar-refractivity contribution in [1.82, 2.24) is 20.6 Å². The van der Waals surface area contributed by atoms with Crippen LogP contribution in [0.1, 0.15) is 53.0 Å². The maximum absolute atomic E-state index is 4.68. The highest BCUT2D eigenvalue weighted by molar-refractivity contribution is 7.11. The van der Waals surface area contributed by atoms with Crippen LogP contribution >= 0.6 is 22.7 Å². The first kappa shape index (κ1) is 19.8. The first-order valence-electron chi connectivity index (χ1n) is 8.89. The summed E-state index contributed by atoms with van der Waals surface area (Å²) in [5.41, 5.74) is 2.30. The number of nitrogens with one attached hydrogen (secondary N) is 2. The van der Waals surface area contributed by atoms with Gasteiger partial charge in [0.15, 0.2) is 5.96 Å². The largest absolute Gasteiger partial charge is 0.357 e. The van der Waals surface area contributed by atoms with Crippen molar-refractivity contribution in [3.63, 3.8) is 0 Å². The second-order valence-corrected chi connectivity index (χ2v) is 8.45. The van der Waals surface area contributed by atoms with Gasteiger partial charge in [-0.15, -0.1) is 22.7 Å². The van der Waals surface area contributed by atoms with Crippen LogP contribution < -0.4 is 10.6 Å². The van der Waals surface area contributed by atoms with Gasteiger partial charge >= 0.3 is 0 Å². The molecule has 0 saturated carbocycles. The Labute approximate surface area is 159 Å². The number of thiazole rings is 2. The van der Waals surface area contributed by atoms with E-state index in [1.807, 2.05) is 0 Å². The highest BCUT2D eigenvalue weighted by atomic mass is 32.1. The van der Waals surface area contributed by atoms with Crippen LogP contribution in [0.5, 0.6) is 0 Å². The Morgan fingerprint density at radius 1 is 1.20 bits per heavy atom. The van der Waals surface area contributed by atoms with Crippen LogP contribution in [0.3, 0.4) is 0 Å². The molecule has 0 unspecified atom stereocenters. The third-order valence-electron chi connectivity index (χ3n) is 3.75. The molecular formula is C18H29N5S2. The van der Waals surface area contributed by atoms with E-state index >= 15 is 0 Å². The van der Waals surface area contributed by atoms with E-state index in [0.29, 0.717) is 5.92 Å². The van der Waals surface area contributed by atoms with Gasteiger partial charge in [0.25, 0.3) is 0 Å². The number of aryl methyl sites for hydroxylation is 2. The lowest BCUT2D eigenvalue weighted by molar-refractivity contribution is 0.778. The second kappa shape index (κ2) is 9.87. The summed E-state index contributed by atoms with van der Waals surface area (Å²) in [7, 11) is 0. The fraction of sp³-hybridized carbons (Fsp3) is 0.611. The second-order valence-electron chi connectivity index (χ2n) is 6.27. The zero-order chi connectivity index (χ0) is 18.2. The van der Waals surface area contributed by atoms with Crippen LogP contribution in [0.4, 0.5) is 0 Å². The Morgan fingerprint density at radius 3 is 2.60 bits per heavy atom. The highest BCUT2D eigenvalue weighted by Crippen LogP contribution is 2.19. The summed E-state index contributed by atoms with van der Waals surface area (Å²) in [6.45, 7) is 13.1. The number of guanidine groups is 1. The number of rotatable bonds is 8. The number of nitrogens with zero attached hydrogens (tertiary/aromatic N) is 3. The summed E-state index contributed by atoms with van der Waals surface area (Å²) >= 11 is 3.52. The van der Waals surface area contributed by atoms with Crippen molar-refractivity contribution in [2.75, 3.05) is 19.6 Å². The third kappa shape index (κ3) is 6.40. The SMILES string of the molecule is CCNC(=NCCc1nc(C)c(C)s1)NCCc1csc(C(C)C)n1. The summed E-state index contributed by atoms with van der Waals surface area (Å²) in [4.78, 5) is 15.2. The third-order valence-corrected chi connectivity index (χ3v) is 6.08. The molecule has 0 spiro atoms. The zero-order valence-electron chi connectivity index (χ0n) is 15.8. The van der Waals surface area contributed by atoms with E-state index in [4.69, 9.17) is 0 Å². The zero-order valence-corrected chi connectivity index (χ0v) is 17.5. The van der Waals surface area contributed by atoms with Crippen molar-refractivity contribution < 1.29 is 0 Å². The van der Waals surface area contributed by atoms with E-state index in [-0.39, 0.29) is 0 Å². The van der Waals surface area contributed by atoms with Gasteiger partial charge in [0.05, 0.1) is 21.4 Å². The molecule has 0 aliphatic carbocycles. The monoisotopic (exact) mass is 379 g/mol. The quantitative estimate of drug-likeness (QED) is 0.542. The van der Waals surface area contributed by atoms with E-state index in [1.54, 1.807) is 22.7 Å². The molecule has 0 bridgehead atoms. The molecule has 0 aromatic carbocycles. The molecule has 25 heavy (non-hydrogen) atoms. The van der Waals surface area contributed by atoms with Crippen LogP contribution in [0, 0.1) is 13.8 Å². The normalized spacial score (nSPS) is 12.0. The summed E-state index contributed by atoms with van der Waals surface area (Å²) in [6.07, 6.45) is 1.80. The standard InChI is InChI=1S/C18H29N5S2/c1-6-19-18(21-10-8-16-22-13(4)14(5)25-16)20-9-7-15-11-24-17(23-15)12(2)3/h11-12H,6-10H2,1-5H3,(H2,19,20,21).